The highest BCUT2D eigenvalue weighted by atomic mass is 32.2. The van der Waals surface area contributed by atoms with Crippen molar-refractivity contribution in [1.82, 2.24) is 0 Å². The van der Waals surface area contributed by atoms with Crippen LogP contribution in [0.25, 0.3) is 0 Å². The van der Waals surface area contributed by atoms with Crippen LogP contribution < -0.4 is 10.6 Å². The molecule has 0 radical (unpaired) electrons. The number of rotatable bonds is 5. The van der Waals surface area contributed by atoms with Gasteiger partial charge in [0.15, 0.2) is 0 Å². The SMILES string of the molecule is Cc1ccc(S(=O)C[P+](C)(c2ccccc2)c2ccccc2)cc1. The second-order valence-electron chi connectivity index (χ2n) is 6.15. The van der Waals surface area contributed by atoms with E-state index in [9.17, 15) is 4.21 Å². The molecule has 0 saturated carbocycles. The Morgan fingerprint density at radius 1 is 0.750 bits per heavy atom. The molecule has 0 aliphatic heterocycles. The largest absolute Gasteiger partial charge is 0.251 e. The zero-order chi connectivity index (χ0) is 17.0. The van der Waals surface area contributed by atoms with Crippen LogP contribution >= 0.6 is 7.26 Å². The Morgan fingerprint density at radius 3 is 1.67 bits per heavy atom. The molecule has 0 bridgehead atoms. The molecule has 3 aromatic carbocycles. The van der Waals surface area contributed by atoms with E-state index in [2.05, 4.69) is 62.1 Å². The molecule has 0 heterocycles. The van der Waals surface area contributed by atoms with Gasteiger partial charge in [0.1, 0.15) is 5.49 Å². The minimum absolute atomic E-state index is 0.671. The summed E-state index contributed by atoms with van der Waals surface area (Å²) in [6.07, 6.45) is 0. The Bertz CT molecular complexity index is 774. The fraction of sp³-hybridized carbons (Fsp3) is 0.143. The molecule has 0 aromatic heterocycles. The molecule has 0 fully saturated rings. The Hall–Kier alpha value is -1.76. The van der Waals surface area contributed by atoms with Crippen molar-refractivity contribution >= 4 is 28.7 Å². The standard InChI is InChI=1S/C21H22OPS/c1-18-13-15-21(16-14-18)24(22)17-23(2,19-9-5-3-6-10-19)20-11-7-4-8-12-20/h3-16H,17H2,1-2H3/q+1. The van der Waals surface area contributed by atoms with E-state index < -0.39 is 18.1 Å². The van der Waals surface area contributed by atoms with Gasteiger partial charge < -0.3 is 0 Å². The van der Waals surface area contributed by atoms with E-state index in [1.165, 1.54) is 16.2 Å². The molecule has 0 aliphatic carbocycles. The maximum Gasteiger partial charge on any atom is 0.147 e. The first-order valence-corrected chi connectivity index (χ1v) is 11.8. The van der Waals surface area contributed by atoms with Gasteiger partial charge in [-0.1, -0.05) is 54.1 Å². The van der Waals surface area contributed by atoms with Crippen molar-refractivity contribution in [2.45, 2.75) is 11.8 Å². The quantitative estimate of drug-likeness (QED) is 0.623. The van der Waals surface area contributed by atoms with Crippen molar-refractivity contribution in [1.29, 1.82) is 0 Å². The molecule has 0 aliphatic rings. The molecule has 1 nitrogen and oxygen atoms in total. The first-order chi connectivity index (χ1) is 11.6. The van der Waals surface area contributed by atoms with Crippen molar-refractivity contribution in [2.75, 3.05) is 12.2 Å². The summed E-state index contributed by atoms with van der Waals surface area (Å²) in [5.41, 5.74) is 1.86. The van der Waals surface area contributed by atoms with E-state index in [1.54, 1.807) is 0 Å². The first kappa shape index (κ1) is 17.1. The minimum atomic E-state index is -1.71. The van der Waals surface area contributed by atoms with E-state index in [-0.39, 0.29) is 0 Å². The lowest BCUT2D eigenvalue weighted by atomic mass is 10.2. The molecule has 1 unspecified atom stereocenters. The fourth-order valence-electron chi connectivity index (χ4n) is 2.81. The lowest BCUT2D eigenvalue weighted by Gasteiger charge is -2.22. The van der Waals surface area contributed by atoms with Crippen LogP contribution in [0.3, 0.4) is 0 Å². The van der Waals surface area contributed by atoms with Crippen LogP contribution in [0.4, 0.5) is 0 Å². The molecule has 122 valence electrons. The Balaban J connectivity index is 2.00. The number of hydrogen-bond acceptors (Lipinski definition) is 1. The molecule has 3 aromatic rings. The zero-order valence-electron chi connectivity index (χ0n) is 14.1. The highest BCUT2D eigenvalue weighted by Gasteiger charge is 2.39. The van der Waals surface area contributed by atoms with Crippen LogP contribution in [0.5, 0.6) is 0 Å². The third kappa shape index (κ3) is 3.66. The summed E-state index contributed by atoms with van der Waals surface area (Å²) in [4.78, 5) is 0.915. The molecule has 0 spiro atoms. The van der Waals surface area contributed by atoms with Gasteiger partial charge in [0.2, 0.25) is 0 Å². The molecule has 24 heavy (non-hydrogen) atoms. The van der Waals surface area contributed by atoms with Crippen molar-refractivity contribution < 1.29 is 4.21 Å². The summed E-state index contributed by atoms with van der Waals surface area (Å²) in [7, 11) is -2.72. The van der Waals surface area contributed by atoms with Crippen molar-refractivity contribution in [2.24, 2.45) is 0 Å². The maximum absolute atomic E-state index is 13.1. The average Bonchev–Trinajstić information content (AvgIpc) is 2.63. The molecule has 0 N–H and O–H groups in total. The lowest BCUT2D eigenvalue weighted by Crippen LogP contribution is -2.25. The van der Waals surface area contributed by atoms with Crippen LogP contribution in [0.15, 0.2) is 89.8 Å². The van der Waals surface area contributed by atoms with Crippen LogP contribution in [0.2, 0.25) is 0 Å². The highest BCUT2D eigenvalue weighted by Crippen LogP contribution is 2.53. The third-order valence-electron chi connectivity index (χ3n) is 4.31. The Labute approximate surface area is 147 Å². The summed E-state index contributed by atoms with van der Waals surface area (Å²) in [5, 5.41) is 2.60. The van der Waals surface area contributed by atoms with Crippen molar-refractivity contribution in [3.8, 4) is 0 Å². The van der Waals surface area contributed by atoms with Gasteiger partial charge in [0.25, 0.3) is 0 Å². The summed E-state index contributed by atoms with van der Waals surface area (Å²) in [5.74, 6) is 0. The summed E-state index contributed by atoms with van der Waals surface area (Å²) in [6.45, 7) is 4.35. The fourth-order valence-corrected chi connectivity index (χ4v) is 8.87. The van der Waals surface area contributed by atoms with Gasteiger partial charge in [-0.25, -0.2) is 0 Å². The third-order valence-corrected chi connectivity index (χ3v) is 11.0. The highest BCUT2D eigenvalue weighted by molar-refractivity contribution is 8.03. The van der Waals surface area contributed by atoms with Crippen LogP contribution in [0, 0.1) is 6.92 Å². The lowest BCUT2D eigenvalue weighted by molar-refractivity contribution is 0.686. The van der Waals surface area contributed by atoms with E-state index in [0.29, 0.717) is 5.49 Å². The van der Waals surface area contributed by atoms with Gasteiger partial charge in [-0.2, -0.15) is 0 Å². The number of hydrogen-bond donors (Lipinski definition) is 0. The molecular formula is C21H22OPS+. The van der Waals surface area contributed by atoms with Gasteiger partial charge >= 0.3 is 0 Å². The molecule has 0 saturated heterocycles. The van der Waals surface area contributed by atoms with E-state index in [0.717, 1.165) is 4.90 Å². The predicted octanol–water partition coefficient (Wildman–Crippen LogP) is 4.36. The maximum atomic E-state index is 13.1. The summed E-state index contributed by atoms with van der Waals surface area (Å²) in [6, 6.07) is 29.1. The summed E-state index contributed by atoms with van der Waals surface area (Å²) >= 11 is 0. The van der Waals surface area contributed by atoms with Gasteiger partial charge in [-0.3, -0.25) is 4.21 Å². The van der Waals surface area contributed by atoms with Gasteiger partial charge in [0, 0.05) is 4.90 Å². The zero-order valence-corrected chi connectivity index (χ0v) is 15.8. The Kier molecular flexibility index (Phi) is 5.28. The van der Waals surface area contributed by atoms with Crippen LogP contribution in [-0.4, -0.2) is 16.4 Å². The number of aryl methyl sites for hydroxylation is 1. The summed E-state index contributed by atoms with van der Waals surface area (Å²) < 4.78 is 13.1. The van der Waals surface area contributed by atoms with Gasteiger partial charge in [-0.05, 0) is 43.3 Å². The molecular weight excluding hydrogens is 331 g/mol. The van der Waals surface area contributed by atoms with Crippen LogP contribution in [0.1, 0.15) is 5.56 Å². The van der Waals surface area contributed by atoms with Crippen molar-refractivity contribution in [3.63, 3.8) is 0 Å². The monoisotopic (exact) mass is 353 g/mol. The molecule has 3 heteroatoms. The Morgan fingerprint density at radius 2 is 1.21 bits per heavy atom. The van der Waals surface area contributed by atoms with E-state index in [4.69, 9.17) is 0 Å². The number of benzene rings is 3. The topological polar surface area (TPSA) is 17.1 Å². The minimum Gasteiger partial charge on any atom is -0.251 e. The normalized spacial score (nSPS) is 12.8. The molecule has 0 amide bonds. The van der Waals surface area contributed by atoms with E-state index in [1.807, 2.05) is 36.4 Å². The second kappa shape index (κ2) is 7.42. The van der Waals surface area contributed by atoms with Gasteiger partial charge in [0.05, 0.1) is 35.3 Å². The van der Waals surface area contributed by atoms with Crippen molar-refractivity contribution in [3.05, 3.63) is 90.5 Å². The smallest absolute Gasteiger partial charge is 0.147 e. The van der Waals surface area contributed by atoms with E-state index >= 15 is 0 Å². The first-order valence-electron chi connectivity index (χ1n) is 8.01. The molecule has 1 atom stereocenters. The molecule has 3 rings (SSSR count). The van der Waals surface area contributed by atoms with Gasteiger partial charge in [-0.15, -0.1) is 0 Å². The predicted molar refractivity (Wildman–Crippen MR) is 107 cm³/mol. The second-order valence-corrected chi connectivity index (χ2v) is 11.8. The average molecular weight is 353 g/mol. The van der Waals surface area contributed by atoms with Crippen LogP contribution in [-0.2, 0) is 10.8 Å².